The highest BCUT2D eigenvalue weighted by molar-refractivity contribution is 5.35. The van der Waals surface area contributed by atoms with E-state index in [0.717, 1.165) is 12.8 Å². The van der Waals surface area contributed by atoms with E-state index < -0.39 is 0 Å². The SMILES string of the molecule is Oc1ccc(F)cc1C1CCOCC1. The number of phenolic OH excluding ortho intramolecular Hbond substituents is 1. The van der Waals surface area contributed by atoms with Gasteiger partial charge in [0.25, 0.3) is 0 Å². The summed E-state index contributed by atoms with van der Waals surface area (Å²) < 4.78 is 18.2. The second kappa shape index (κ2) is 3.96. The summed E-state index contributed by atoms with van der Waals surface area (Å²) >= 11 is 0. The zero-order valence-electron chi connectivity index (χ0n) is 7.87. The van der Waals surface area contributed by atoms with E-state index in [1.165, 1.54) is 18.2 Å². The molecule has 1 aromatic rings. The van der Waals surface area contributed by atoms with E-state index in [4.69, 9.17) is 4.74 Å². The highest BCUT2D eigenvalue weighted by Gasteiger charge is 2.19. The van der Waals surface area contributed by atoms with E-state index in [0.29, 0.717) is 18.8 Å². The van der Waals surface area contributed by atoms with Crippen LogP contribution < -0.4 is 0 Å². The molecule has 0 radical (unpaired) electrons. The van der Waals surface area contributed by atoms with Gasteiger partial charge in [0.15, 0.2) is 0 Å². The molecule has 0 amide bonds. The molecule has 0 atom stereocenters. The van der Waals surface area contributed by atoms with Crippen LogP contribution in [0.15, 0.2) is 18.2 Å². The first-order chi connectivity index (χ1) is 6.77. The molecule has 1 saturated heterocycles. The summed E-state index contributed by atoms with van der Waals surface area (Å²) in [5, 5.41) is 9.58. The third kappa shape index (κ3) is 1.87. The van der Waals surface area contributed by atoms with E-state index in [-0.39, 0.29) is 17.5 Å². The van der Waals surface area contributed by atoms with Gasteiger partial charge in [0.05, 0.1) is 0 Å². The molecule has 0 saturated carbocycles. The molecular weight excluding hydrogens is 183 g/mol. The van der Waals surface area contributed by atoms with Crippen molar-refractivity contribution < 1.29 is 14.2 Å². The van der Waals surface area contributed by atoms with Crippen molar-refractivity contribution in [2.45, 2.75) is 18.8 Å². The monoisotopic (exact) mass is 196 g/mol. The summed E-state index contributed by atoms with van der Waals surface area (Å²) in [6, 6.07) is 4.11. The van der Waals surface area contributed by atoms with Gasteiger partial charge in [-0.05, 0) is 37.0 Å². The average molecular weight is 196 g/mol. The molecule has 0 spiro atoms. The Morgan fingerprint density at radius 3 is 2.71 bits per heavy atom. The third-order valence-electron chi connectivity index (χ3n) is 2.65. The van der Waals surface area contributed by atoms with Gasteiger partial charge in [-0.2, -0.15) is 0 Å². The van der Waals surface area contributed by atoms with Crippen molar-refractivity contribution in [3.05, 3.63) is 29.6 Å². The number of phenols is 1. The zero-order valence-corrected chi connectivity index (χ0v) is 7.87. The van der Waals surface area contributed by atoms with Crippen molar-refractivity contribution in [3.63, 3.8) is 0 Å². The Morgan fingerprint density at radius 2 is 2.00 bits per heavy atom. The van der Waals surface area contributed by atoms with Crippen molar-refractivity contribution >= 4 is 0 Å². The zero-order chi connectivity index (χ0) is 9.97. The van der Waals surface area contributed by atoms with Gasteiger partial charge in [0.2, 0.25) is 0 Å². The van der Waals surface area contributed by atoms with Crippen LogP contribution in [0.4, 0.5) is 4.39 Å². The molecule has 0 unspecified atom stereocenters. The molecule has 76 valence electrons. The van der Waals surface area contributed by atoms with Gasteiger partial charge in [-0.1, -0.05) is 0 Å². The van der Waals surface area contributed by atoms with E-state index in [2.05, 4.69) is 0 Å². The molecule has 1 fully saturated rings. The van der Waals surface area contributed by atoms with Crippen LogP contribution in [0.1, 0.15) is 24.3 Å². The van der Waals surface area contributed by atoms with E-state index in [1.54, 1.807) is 0 Å². The number of ether oxygens (including phenoxy) is 1. The summed E-state index contributed by atoms with van der Waals surface area (Å²) in [6.07, 6.45) is 1.72. The van der Waals surface area contributed by atoms with Crippen LogP contribution in [0.2, 0.25) is 0 Å². The predicted octanol–water partition coefficient (Wildman–Crippen LogP) is 2.43. The molecule has 0 bridgehead atoms. The Morgan fingerprint density at radius 1 is 1.29 bits per heavy atom. The first-order valence-electron chi connectivity index (χ1n) is 4.83. The summed E-state index contributed by atoms with van der Waals surface area (Å²) in [5.41, 5.74) is 0.716. The highest BCUT2D eigenvalue weighted by atomic mass is 19.1. The Bertz CT molecular complexity index is 319. The summed E-state index contributed by atoms with van der Waals surface area (Å²) in [5.74, 6) is 0.141. The molecular formula is C11H13FO2. The Labute approximate surface area is 82.3 Å². The average Bonchev–Trinajstić information content (AvgIpc) is 2.23. The predicted molar refractivity (Wildman–Crippen MR) is 50.9 cm³/mol. The fourth-order valence-electron chi connectivity index (χ4n) is 1.86. The number of hydrogen-bond donors (Lipinski definition) is 1. The Kier molecular flexibility index (Phi) is 2.68. The number of rotatable bonds is 1. The second-order valence-corrected chi connectivity index (χ2v) is 3.59. The summed E-state index contributed by atoms with van der Waals surface area (Å²) in [7, 11) is 0. The minimum atomic E-state index is -0.288. The lowest BCUT2D eigenvalue weighted by molar-refractivity contribution is 0.0848. The first kappa shape index (κ1) is 9.46. The number of benzene rings is 1. The smallest absolute Gasteiger partial charge is 0.123 e. The van der Waals surface area contributed by atoms with Gasteiger partial charge in [-0.3, -0.25) is 0 Å². The molecule has 2 rings (SSSR count). The maximum Gasteiger partial charge on any atom is 0.123 e. The van der Waals surface area contributed by atoms with Gasteiger partial charge in [0.1, 0.15) is 11.6 Å². The molecule has 14 heavy (non-hydrogen) atoms. The number of hydrogen-bond acceptors (Lipinski definition) is 2. The lowest BCUT2D eigenvalue weighted by atomic mass is 9.91. The minimum absolute atomic E-state index is 0.193. The van der Waals surface area contributed by atoms with Gasteiger partial charge in [-0.15, -0.1) is 0 Å². The topological polar surface area (TPSA) is 29.5 Å². The van der Waals surface area contributed by atoms with Crippen LogP contribution in [0.3, 0.4) is 0 Å². The van der Waals surface area contributed by atoms with Crippen LogP contribution in [-0.4, -0.2) is 18.3 Å². The van der Waals surface area contributed by atoms with Crippen LogP contribution in [0.5, 0.6) is 5.75 Å². The van der Waals surface area contributed by atoms with Crippen molar-refractivity contribution in [1.29, 1.82) is 0 Å². The second-order valence-electron chi connectivity index (χ2n) is 3.59. The maximum atomic E-state index is 13.0. The van der Waals surface area contributed by atoms with E-state index >= 15 is 0 Å². The fourth-order valence-corrected chi connectivity index (χ4v) is 1.86. The van der Waals surface area contributed by atoms with Gasteiger partial charge in [0, 0.05) is 18.8 Å². The third-order valence-corrected chi connectivity index (χ3v) is 2.65. The van der Waals surface area contributed by atoms with E-state index in [9.17, 15) is 9.50 Å². The van der Waals surface area contributed by atoms with Gasteiger partial charge < -0.3 is 9.84 Å². The summed E-state index contributed by atoms with van der Waals surface area (Å²) in [6.45, 7) is 1.39. The molecule has 1 aliphatic rings. The maximum absolute atomic E-state index is 13.0. The van der Waals surface area contributed by atoms with Crippen molar-refractivity contribution in [3.8, 4) is 5.75 Å². The number of aromatic hydroxyl groups is 1. The highest BCUT2D eigenvalue weighted by Crippen LogP contribution is 2.33. The van der Waals surface area contributed by atoms with Crippen LogP contribution in [0, 0.1) is 5.82 Å². The number of halogens is 1. The Balaban J connectivity index is 2.24. The standard InChI is InChI=1S/C11H13FO2/c12-9-1-2-11(13)10(7-9)8-3-5-14-6-4-8/h1-2,7-8,13H,3-6H2. The molecule has 1 aromatic carbocycles. The largest absolute Gasteiger partial charge is 0.508 e. The fraction of sp³-hybridized carbons (Fsp3) is 0.455. The summed E-state index contributed by atoms with van der Waals surface area (Å²) in [4.78, 5) is 0. The first-order valence-corrected chi connectivity index (χ1v) is 4.83. The van der Waals surface area contributed by atoms with Crippen LogP contribution in [0.25, 0.3) is 0 Å². The van der Waals surface area contributed by atoms with E-state index in [1.807, 2.05) is 0 Å². The van der Waals surface area contributed by atoms with Crippen molar-refractivity contribution in [1.82, 2.24) is 0 Å². The molecule has 0 aliphatic carbocycles. The van der Waals surface area contributed by atoms with Gasteiger partial charge >= 0.3 is 0 Å². The van der Waals surface area contributed by atoms with Crippen LogP contribution >= 0.6 is 0 Å². The lowest BCUT2D eigenvalue weighted by Crippen LogP contribution is -2.14. The molecule has 0 aromatic heterocycles. The quantitative estimate of drug-likeness (QED) is 0.747. The minimum Gasteiger partial charge on any atom is -0.508 e. The molecule has 1 aliphatic heterocycles. The van der Waals surface area contributed by atoms with Crippen molar-refractivity contribution in [2.24, 2.45) is 0 Å². The molecule has 1 heterocycles. The molecule has 1 N–H and O–H groups in total. The van der Waals surface area contributed by atoms with Crippen LogP contribution in [-0.2, 0) is 4.74 Å². The van der Waals surface area contributed by atoms with Crippen molar-refractivity contribution in [2.75, 3.05) is 13.2 Å². The van der Waals surface area contributed by atoms with Gasteiger partial charge in [-0.25, -0.2) is 4.39 Å². The normalized spacial score (nSPS) is 18.4. The Hall–Kier alpha value is -1.09. The molecule has 2 nitrogen and oxygen atoms in total. The molecule has 3 heteroatoms. The lowest BCUT2D eigenvalue weighted by Gasteiger charge is -2.22.